The van der Waals surface area contributed by atoms with Gasteiger partial charge in [0.05, 0.1) is 30.0 Å². The van der Waals surface area contributed by atoms with Crippen molar-refractivity contribution in [2.24, 2.45) is 10.2 Å². The van der Waals surface area contributed by atoms with Gasteiger partial charge in [0.15, 0.2) is 0 Å². The van der Waals surface area contributed by atoms with E-state index in [1.807, 2.05) is 6.07 Å². The number of benzene rings is 2. The highest BCUT2D eigenvalue weighted by atomic mass is 32.3. The number of thiazole rings is 1. The Labute approximate surface area is 222 Å². The number of aromatic nitrogens is 2. The van der Waals surface area contributed by atoms with Gasteiger partial charge in [-0.05, 0) is 50.2 Å². The first kappa shape index (κ1) is 28.5. The Bertz CT molecular complexity index is 1440. The van der Waals surface area contributed by atoms with Crippen molar-refractivity contribution in [3.8, 4) is 11.3 Å². The lowest BCUT2D eigenvalue weighted by Gasteiger charge is -2.16. The summed E-state index contributed by atoms with van der Waals surface area (Å²) in [7, 11) is -3.60. The number of hydrogen-bond donors (Lipinski definition) is 0. The zero-order valence-corrected chi connectivity index (χ0v) is 23.4. The van der Waals surface area contributed by atoms with E-state index >= 15 is 0 Å². The third-order valence-corrected chi connectivity index (χ3v) is 7.35. The van der Waals surface area contributed by atoms with Gasteiger partial charge in [0.2, 0.25) is 10.4 Å². The van der Waals surface area contributed by atoms with E-state index in [0.29, 0.717) is 0 Å². The molecule has 0 amide bonds. The second kappa shape index (κ2) is 12.9. The molecular weight excluding hydrogens is 510 g/mol. The van der Waals surface area contributed by atoms with E-state index in [1.165, 1.54) is 10.5 Å². The number of fused-ring (bicyclic) bond motifs is 1. The Kier molecular flexibility index (Phi) is 9.93. The van der Waals surface area contributed by atoms with Crippen molar-refractivity contribution in [1.82, 2.24) is 4.57 Å². The molecule has 0 spiro atoms. The summed E-state index contributed by atoms with van der Waals surface area (Å²) in [5.41, 5.74) is 4.41. The Balaban J connectivity index is 0.000000568. The molecule has 37 heavy (non-hydrogen) atoms. The number of anilines is 1. The average Bonchev–Trinajstić information content (AvgIpc) is 3.47. The van der Waals surface area contributed by atoms with Crippen LogP contribution in [0, 0.1) is 0 Å². The predicted molar refractivity (Wildman–Crippen MR) is 148 cm³/mol. The van der Waals surface area contributed by atoms with E-state index in [-0.39, 0.29) is 0 Å². The largest absolute Gasteiger partial charge is 0.726 e. The summed E-state index contributed by atoms with van der Waals surface area (Å²) in [6.45, 7) is 12.4. The quantitative estimate of drug-likeness (QED) is 0.111. The van der Waals surface area contributed by atoms with Gasteiger partial charge in [-0.2, -0.15) is 0 Å². The smallest absolute Gasteiger partial charge is 0.410 e. The van der Waals surface area contributed by atoms with Crippen molar-refractivity contribution >= 4 is 48.5 Å². The minimum atomic E-state index is -4.41. The summed E-state index contributed by atoms with van der Waals surface area (Å²) >= 11 is 1.70. The Morgan fingerprint density at radius 3 is 2.19 bits per heavy atom. The fourth-order valence-corrected chi connectivity index (χ4v) is 5.18. The van der Waals surface area contributed by atoms with Crippen molar-refractivity contribution in [1.29, 1.82) is 0 Å². The van der Waals surface area contributed by atoms with Crippen molar-refractivity contribution in [2.75, 3.05) is 25.1 Å². The van der Waals surface area contributed by atoms with Crippen LogP contribution in [0.3, 0.4) is 0 Å². The van der Waals surface area contributed by atoms with Crippen LogP contribution in [0.4, 0.5) is 15.8 Å². The van der Waals surface area contributed by atoms with Gasteiger partial charge in [-0.1, -0.05) is 48.5 Å². The van der Waals surface area contributed by atoms with Crippen LogP contribution in [-0.4, -0.2) is 37.7 Å². The van der Waals surface area contributed by atoms with Crippen molar-refractivity contribution in [3.05, 3.63) is 60.8 Å². The van der Waals surface area contributed by atoms with Gasteiger partial charge in [0, 0.05) is 30.6 Å². The molecule has 0 fully saturated rings. The topological polar surface area (TPSA) is 103 Å². The third kappa shape index (κ3) is 6.80. The van der Waals surface area contributed by atoms with Crippen LogP contribution in [-0.2, 0) is 27.7 Å². The molecule has 2 aromatic heterocycles. The molecule has 0 aliphatic rings. The second-order valence-electron chi connectivity index (χ2n) is 7.91. The van der Waals surface area contributed by atoms with Gasteiger partial charge < -0.3 is 14.0 Å². The fraction of sp³-hybridized carbons (Fsp3) is 0.346. The lowest BCUT2D eigenvalue weighted by atomic mass is 10.1. The molecule has 0 bridgehead atoms. The molecule has 0 atom stereocenters. The predicted octanol–water partition coefficient (Wildman–Crippen LogP) is 6.05. The van der Waals surface area contributed by atoms with Gasteiger partial charge >= 0.3 is 5.13 Å². The minimum absolute atomic E-state index is 0.808. The summed E-state index contributed by atoms with van der Waals surface area (Å²) in [4.78, 5) is 2.36. The molecule has 198 valence electrons. The number of azo groups is 1. The van der Waals surface area contributed by atoms with Crippen LogP contribution in [0.2, 0.25) is 0 Å². The van der Waals surface area contributed by atoms with E-state index in [0.717, 1.165) is 60.8 Å². The number of hydrogen-bond acceptors (Lipinski definition) is 8. The summed E-state index contributed by atoms with van der Waals surface area (Å²) in [6.07, 6.45) is 2.19. The highest BCUT2D eigenvalue weighted by Crippen LogP contribution is 2.41. The molecule has 4 aromatic rings. The van der Waals surface area contributed by atoms with E-state index in [1.54, 1.807) is 11.3 Å². The van der Waals surface area contributed by atoms with Gasteiger partial charge in [-0.3, -0.25) is 4.18 Å². The normalized spacial score (nSPS) is 11.6. The summed E-state index contributed by atoms with van der Waals surface area (Å²) in [5.74, 6) is 0. The van der Waals surface area contributed by atoms with Crippen LogP contribution < -0.4 is 9.47 Å². The fourth-order valence-electron chi connectivity index (χ4n) is 4.05. The average molecular weight is 544 g/mol. The first-order chi connectivity index (χ1) is 17.8. The van der Waals surface area contributed by atoms with E-state index in [2.05, 4.69) is 101 Å². The molecule has 0 saturated carbocycles. The summed E-state index contributed by atoms with van der Waals surface area (Å²) in [6, 6.07) is 19.0. The van der Waals surface area contributed by atoms with Gasteiger partial charge in [0.25, 0.3) is 0 Å². The number of aryl methyl sites for hydroxylation is 2. The number of rotatable bonds is 9. The zero-order valence-electron chi connectivity index (χ0n) is 21.8. The molecule has 9 nitrogen and oxygen atoms in total. The molecule has 0 N–H and O–H groups in total. The zero-order chi connectivity index (χ0) is 27.0. The first-order valence-electron chi connectivity index (χ1n) is 12.2. The Hall–Kier alpha value is -3.12. The first-order valence-corrected chi connectivity index (χ1v) is 14.3. The standard InChI is InChI=1S/C25H30N5S.CH4O4S/c1-5-28(6-2)22-18-29(7-3)25(31-22)27-26-23-20-16-12-13-17-21(20)30(8-4)24(23)19-14-10-9-11-15-19;1-5-6(2,3)4/h9-18H,5-8H2,1-4H3;1H3,(H,2,3,4)/q+1;/p-1. The summed E-state index contributed by atoms with van der Waals surface area (Å²) in [5, 5.41) is 12.9. The molecule has 0 saturated heterocycles. The molecule has 2 aromatic carbocycles. The van der Waals surface area contributed by atoms with Crippen LogP contribution in [0.15, 0.2) is 71.0 Å². The molecule has 2 heterocycles. The lowest BCUT2D eigenvalue weighted by Crippen LogP contribution is -2.30. The molecule has 0 aliphatic heterocycles. The van der Waals surface area contributed by atoms with Crippen molar-refractivity contribution < 1.29 is 21.7 Å². The molecule has 11 heteroatoms. The number of para-hydroxylation sites is 1. The number of nitrogens with zero attached hydrogens (tertiary/aromatic N) is 5. The van der Waals surface area contributed by atoms with E-state index in [9.17, 15) is 13.0 Å². The van der Waals surface area contributed by atoms with Gasteiger partial charge in [-0.25, -0.2) is 13.0 Å². The van der Waals surface area contributed by atoms with Crippen LogP contribution in [0.25, 0.3) is 22.2 Å². The van der Waals surface area contributed by atoms with Crippen LogP contribution in [0.1, 0.15) is 27.7 Å². The maximum absolute atomic E-state index is 9.22. The molecule has 0 radical (unpaired) electrons. The minimum Gasteiger partial charge on any atom is -0.726 e. The summed E-state index contributed by atoms with van der Waals surface area (Å²) < 4.78 is 35.5. The molecular formula is C26H33N5O4S2. The molecule has 4 rings (SSSR count). The molecule has 0 aliphatic carbocycles. The van der Waals surface area contributed by atoms with Gasteiger partial charge in [0.1, 0.15) is 16.9 Å². The molecule has 0 unspecified atom stereocenters. The third-order valence-electron chi connectivity index (χ3n) is 5.87. The lowest BCUT2D eigenvalue weighted by molar-refractivity contribution is -0.676. The maximum Gasteiger partial charge on any atom is 0.410 e. The Morgan fingerprint density at radius 2 is 1.62 bits per heavy atom. The van der Waals surface area contributed by atoms with Crippen molar-refractivity contribution in [3.63, 3.8) is 0 Å². The Morgan fingerprint density at radius 1 is 1.00 bits per heavy atom. The van der Waals surface area contributed by atoms with Gasteiger partial charge in [-0.15, -0.1) is 0 Å². The van der Waals surface area contributed by atoms with Crippen LogP contribution >= 0.6 is 11.3 Å². The SMILES string of the molecule is CCN(CC)c1c[n+](CC)c(N=Nc2c(-c3ccccc3)n(CC)c3ccccc23)s1.COS(=O)(=O)[O-]. The highest BCUT2D eigenvalue weighted by molar-refractivity contribution is 7.80. The van der Waals surface area contributed by atoms with E-state index < -0.39 is 10.4 Å². The van der Waals surface area contributed by atoms with Crippen molar-refractivity contribution in [2.45, 2.75) is 40.8 Å². The second-order valence-corrected chi connectivity index (χ2v) is 10.0. The monoisotopic (exact) mass is 543 g/mol. The van der Waals surface area contributed by atoms with E-state index in [4.69, 9.17) is 10.2 Å². The maximum atomic E-state index is 9.22. The highest BCUT2D eigenvalue weighted by Gasteiger charge is 2.22. The van der Waals surface area contributed by atoms with Crippen LogP contribution in [0.5, 0.6) is 0 Å².